The van der Waals surface area contributed by atoms with E-state index >= 15 is 0 Å². The molecule has 0 radical (unpaired) electrons. The molecule has 2 aromatic rings. The fraction of sp³-hybridized carbons (Fsp3) is 0.0769. The first-order valence-corrected chi connectivity index (χ1v) is 5.76. The summed E-state index contributed by atoms with van der Waals surface area (Å²) in [5.74, 6) is -2.56. The van der Waals surface area contributed by atoms with Crippen molar-refractivity contribution in [2.45, 2.75) is 6.92 Å². The third kappa shape index (κ3) is 3.16. The van der Waals surface area contributed by atoms with Crippen LogP contribution in [0.4, 0.5) is 20.3 Å². The van der Waals surface area contributed by atoms with Gasteiger partial charge in [-0.15, -0.1) is 0 Å². The number of pyridine rings is 1. The molecule has 1 aromatic carbocycles. The maximum absolute atomic E-state index is 13.5. The van der Waals surface area contributed by atoms with Crippen molar-refractivity contribution in [1.29, 1.82) is 0 Å². The van der Waals surface area contributed by atoms with E-state index in [0.29, 0.717) is 11.6 Å². The number of carbonyl (C=O) groups excluding carboxylic acids is 1. The lowest BCUT2D eigenvalue weighted by Crippen LogP contribution is -2.15. The zero-order valence-electron chi connectivity index (χ0n) is 10.8. The standard InChI is InChI=1S/C13H9F2N3O3/c1-7-4-9(18(20)21)6-16-12(7)17-13(19)10-3-2-8(14)5-11(10)15/h2-6H,1H3,(H,16,17,19). The lowest BCUT2D eigenvalue weighted by molar-refractivity contribution is -0.385. The SMILES string of the molecule is Cc1cc([N+](=O)[O-])cnc1NC(=O)c1ccc(F)cc1F. The second-order valence-electron chi connectivity index (χ2n) is 4.19. The molecule has 0 aliphatic carbocycles. The molecule has 8 heteroatoms. The van der Waals surface area contributed by atoms with Crippen molar-refractivity contribution in [2.75, 3.05) is 5.32 Å². The number of anilines is 1. The predicted molar refractivity (Wildman–Crippen MR) is 69.9 cm³/mol. The molecule has 0 fully saturated rings. The summed E-state index contributed by atoms with van der Waals surface area (Å²) in [6, 6.07) is 3.77. The molecule has 1 aromatic heterocycles. The Hall–Kier alpha value is -2.90. The normalized spacial score (nSPS) is 10.2. The Kier molecular flexibility index (Phi) is 3.88. The van der Waals surface area contributed by atoms with E-state index in [1.54, 1.807) is 0 Å². The number of aryl methyl sites for hydroxylation is 1. The number of hydrogen-bond donors (Lipinski definition) is 1. The molecule has 1 N–H and O–H groups in total. The molecule has 0 saturated heterocycles. The molecule has 0 bridgehead atoms. The molecule has 2 rings (SSSR count). The Morgan fingerprint density at radius 2 is 2.05 bits per heavy atom. The molecule has 108 valence electrons. The van der Waals surface area contributed by atoms with Gasteiger partial charge in [0.1, 0.15) is 23.6 Å². The third-order valence-corrected chi connectivity index (χ3v) is 2.68. The second kappa shape index (κ2) is 5.61. The summed E-state index contributed by atoms with van der Waals surface area (Å²) in [5.41, 5.74) is -0.227. The number of halogens is 2. The summed E-state index contributed by atoms with van der Waals surface area (Å²) in [7, 11) is 0. The Bertz CT molecular complexity index is 735. The van der Waals surface area contributed by atoms with Gasteiger partial charge in [0.15, 0.2) is 0 Å². The van der Waals surface area contributed by atoms with Crippen LogP contribution < -0.4 is 5.32 Å². The smallest absolute Gasteiger partial charge is 0.287 e. The number of rotatable bonds is 3. The van der Waals surface area contributed by atoms with Crippen molar-refractivity contribution in [1.82, 2.24) is 4.98 Å². The van der Waals surface area contributed by atoms with Crippen molar-refractivity contribution < 1.29 is 18.5 Å². The molecule has 0 spiro atoms. The molecule has 0 unspecified atom stereocenters. The highest BCUT2D eigenvalue weighted by Gasteiger charge is 2.16. The van der Waals surface area contributed by atoms with Gasteiger partial charge in [-0.1, -0.05) is 0 Å². The molecule has 0 saturated carbocycles. The van der Waals surface area contributed by atoms with Gasteiger partial charge in [0, 0.05) is 12.1 Å². The van der Waals surface area contributed by atoms with Gasteiger partial charge in [-0.05, 0) is 24.6 Å². The van der Waals surface area contributed by atoms with Gasteiger partial charge in [0.2, 0.25) is 0 Å². The van der Waals surface area contributed by atoms with Crippen LogP contribution in [0.2, 0.25) is 0 Å². The van der Waals surface area contributed by atoms with E-state index in [1.165, 1.54) is 13.0 Å². The molecule has 0 atom stereocenters. The minimum atomic E-state index is -1.01. The molecule has 1 heterocycles. The maximum Gasteiger partial charge on any atom is 0.287 e. The van der Waals surface area contributed by atoms with E-state index in [9.17, 15) is 23.7 Å². The Labute approximate surface area is 117 Å². The molecular formula is C13H9F2N3O3. The van der Waals surface area contributed by atoms with E-state index in [-0.39, 0.29) is 17.1 Å². The Morgan fingerprint density at radius 1 is 1.33 bits per heavy atom. The van der Waals surface area contributed by atoms with Crippen molar-refractivity contribution in [3.8, 4) is 0 Å². The number of benzene rings is 1. The van der Waals surface area contributed by atoms with E-state index < -0.39 is 22.5 Å². The third-order valence-electron chi connectivity index (χ3n) is 2.68. The van der Waals surface area contributed by atoms with Gasteiger partial charge in [-0.2, -0.15) is 0 Å². The molecule has 21 heavy (non-hydrogen) atoms. The molecular weight excluding hydrogens is 284 g/mol. The number of nitrogens with zero attached hydrogens (tertiary/aromatic N) is 2. The lowest BCUT2D eigenvalue weighted by atomic mass is 10.2. The Balaban J connectivity index is 2.25. The predicted octanol–water partition coefficient (Wildman–Crippen LogP) is 2.83. The Morgan fingerprint density at radius 3 is 2.62 bits per heavy atom. The average molecular weight is 293 g/mol. The largest absolute Gasteiger partial charge is 0.306 e. The maximum atomic E-state index is 13.5. The van der Waals surface area contributed by atoms with E-state index in [0.717, 1.165) is 18.3 Å². The quantitative estimate of drug-likeness (QED) is 0.696. The molecule has 0 aliphatic rings. The number of nitrogens with one attached hydrogen (secondary N) is 1. The van der Waals surface area contributed by atoms with Crippen molar-refractivity contribution in [2.24, 2.45) is 0 Å². The van der Waals surface area contributed by atoms with Gasteiger partial charge < -0.3 is 5.32 Å². The minimum absolute atomic E-state index is 0.0642. The van der Waals surface area contributed by atoms with Crippen molar-refractivity contribution in [3.05, 3.63) is 63.3 Å². The van der Waals surface area contributed by atoms with Crippen LogP contribution >= 0.6 is 0 Å². The van der Waals surface area contributed by atoms with E-state index in [4.69, 9.17) is 0 Å². The number of hydrogen-bond acceptors (Lipinski definition) is 4. The van der Waals surface area contributed by atoms with Crippen LogP contribution in [0.25, 0.3) is 0 Å². The number of nitro groups is 1. The van der Waals surface area contributed by atoms with Crippen LogP contribution in [0, 0.1) is 28.7 Å². The summed E-state index contributed by atoms with van der Waals surface area (Å²) in [6.45, 7) is 1.51. The second-order valence-corrected chi connectivity index (χ2v) is 4.19. The van der Waals surface area contributed by atoms with Gasteiger partial charge in [-0.3, -0.25) is 14.9 Å². The highest BCUT2D eigenvalue weighted by atomic mass is 19.1. The minimum Gasteiger partial charge on any atom is -0.306 e. The van der Waals surface area contributed by atoms with E-state index in [2.05, 4.69) is 10.3 Å². The number of carbonyl (C=O) groups is 1. The van der Waals surface area contributed by atoms with Crippen LogP contribution in [0.5, 0.6) is 0 Å². The van der Waals surface area contributed by atoms with Crippen LogP contribution in [-0.2, 0) is 0 Å². The molecule has 1 amide bonds. The van der Waals surface area contributed by atoms with Crippen LogP contribution in [0.15, 0.2) is 30.5 Å². The van der Waals surface area contributed by atoms with Crippen LogP contribution in [-0.4, -0.2) is 15.8 Å². The zero-order valence-corrected chi connectivity index (χ0v) is 10.8. The number of aromatic nitrogens is 1. The summed E-state index contributed by atoms with van der Waals surface area (Å²) >= 11 is 0. The highest BCUT2D eigenvalue weighted by molar-refractivity contribution is 6.04. The van der Waals surface area contributed by atoms with Gasteiger partial charge in [0.25, 0.3) is 11.6 Å². The summed E-state index contributed by atoms with van der Waals surface area (Å²) in [6.07, 6.45) is 0.976. The molecule has 6 nitrogen and oxygen atoms in total. The summed E-state index contributed by atoms with van der Waals surface area (Å²) in [5, 5.41) is 12.9. The van der Waals surface area contributed by atoms with Crippen LogP contribution in [0.3, 0.4) is 0 Å². The van der Waals surface area contributed by atoms with Gasteiger partial charge >= 0.3 is 0 Å². The first-order valence-electron chi connectivity index (χ1n) is 5.76. The van der Waals surface area contributed by atoms with Crippen molar-refractivity contribution in [3.63, 3.8) is 0 Å². The zero-order chi connectivity index (χ0) is 15.6. The van der Waals surface area contributed by atoms with E-state index in [1.807, 2.05) is 0 Å². The summed E-state index contributed by atoms with van der Waals surface area (Å²) in [4.78, 5) is 25.6. The van der Waals surface area contributed by atoms with Crippen molar-refractivity contribution >= 4 is 17.4 Å². The summed E-state index contributed by atoms with van der Waals surface area (Å²) < 4.78 is 26.2. The highest BCUT2D eigenvalue weighted by Crippen LogP contribution is 2.19. The monoisotopic (exact) mass is 293 g/mol. The fourth-order valence-electron chi connectivity index (χ4n) is 1.64. The lowest BCUT2D eigenvalue weighted by Gasteiger charge is -2.07. The first-order chi connectivity index (χ1) is 9.88. The first kappa shape index (κ1) is 14.5. The van der Waals surface area contributed by atoms with Crippen LogP contribution in [0.1, 0.15) is 15.9 Å². The van der Waals surface area contributed by atoms with Gasteiger partial charge in [0.05, 0.1) is 10.5 Å². The molecule has 0 aliphatic heterocycles. The fourth-order valence-corrected chi connectivity index (χ4v) is 1.64. The topological polar surface area (TPSA) is 85.1 Å². The average Bonchev–Trinajstić information content (AvgIpc) is 2.40. The van der Waals surface area contributed by atoms with Gasteiger partial charge in [-0.25, -0.2) is 13.8 Å². The number of amides is 1.